The van der Waals surface area contributed by atoms with E-state index in [0.717, 1.165) is 32.1 Å². The monoisotopic (exact) mass is 339 g/mol. The van der Waals surface area contributed by atoms with Crippen molar-refractivity contribution in [2.75, 3.05) is 45.9 Å². The predicted octanol–water partition coefficient (Wildman–Crippen LogP) is 0.892. The lowest BCUT2D eigenvalue weighted by atomic mass is 9.89. The summed E-state index contributed by atoms with van der Waals surface area (Å²) in [5.41, 5.74) is 5.60. The van der Waals surface area contributed by atoms with Gasteiger partial charge in [-0.2, -0.15) is 0 Å². The molecule has 7 heteroatoms. The van der Waals surface area contributed by atoms with E-state index < -0.39 is 5.54 Å². The number of hydrogen-bond donors (Lipinski definition) is 1. The summed E-state index contributed by atoms with van der Waals surface area (Å²) in [6.45, 7) is 6.15. The van der Waals surface area contributed by atoms with Gasteiger partial charge in [-0.15, -0.1) is 24.8 Å². The van der Waals surface area contributed by atoms with E-state index in [1.807, 2.05) is 4.90 Å². The number of ether oxygens (including phenoxy) is 1. The Morgan fingerprint density at radius 2 is 1.67 bits per heavy atom. The average Bonchev–Trinajstić information content (AvgIpc) is 3.24. The first-order valence-corrected chi connectivity index (χ1v) is 7.56. The van der Waals surface area contributed by atoms with Crippen molar-refractivity contribution in [2.45, 2.75) is 31.2 Å². The van der Waals surface area contributed by atoms with Crippen LogP contribution in [-0.4, -0.2) is 67.2 Å². The fraction of sp³-hybridized carbons (Fsp3) is 0.929. The van der Waals surface area contributed by atoms with Crippen LogP contribution in [0.1, 0.15) is 25.7 Å². The van der Waals surface area contributed by atoms with Crippen molar-refractivity contribution in [2.24, 2.45) is 11.7 Å². The Balaban J connectivity index is 0.00000110. The lowest BCUT2D eigenvalue weighted by Gasteiger charge is -2.41. The van der Waals surface area contributed by atoms with Crippen molar-refractivity contribution < 1.29 is 9.53 Å². The van der Waals surface area contributed by atoms with Crippen LogP contribution >= 0.6 is 24.8 Å². The molecule has 0 aromatic carbocycles. The fourth-order valence-electron chi connectivity index (χ4n) is 3.06. The molecule has 3 aliphatic rings. The maximum absolute atomic E-state index is 12.5. The summed E-state index contributed by atoms with van der Waals surface area (Å²) in [6, 6.07) is 0. The Morgan fingerprint density at radius 1 is 1.10 bits per heavy atom. The van der Waals surface area contributed by atoms with Crippen LogP contribution in [0.15, 0.2) is 0 Å². The second kappa shape index (κ2) is 7.97. The molecule has 0 aromatic rings. The van der Waals surface area contributed by atoms with Gasteiger partial charge in [-0.3, -0.25) is 9.69 Å². The first-order chi connectivity index (χ1) is 9.17. The molecule has 5 nitrogen and oxygen atoms in total. The molecule has 2 aliphatic heterocycles. The normalized spacial score (nSPS) is 25.7. The minimum absolute atomic E-state index is 0. The Kier molecular flexibility index (Phi) is 7.20. The molecule has 124 valence electrons. The van der Waals surface area contributed by atoms with Gasteiger partial charge >= 0.3 is 0 Å². The van der Waals surface area contributed by atoms with Crippen LogP contribution in [0.5, 0.6) is 0 Å². The van der Waals surface area contributed by atoms with Gasteiger partial charge in [0.25, 0.3) is 0 Å². The Labute approximate surface area is 139 Å². The Hall–Kier alpha value is -0.0700. The van der Waals surface area contributed by atoms with Crippen molar-refractivity contribution in [1.29, 1.82) is 0 Å². The van der Waals surface area contributed by atoms with E-state index in [2.05, 4.69) is 4.90 Å². The molecule has 0 spiro atoms. The van der Waals surface area contributed by atoms with E-state index in [1.165, 1.54) is 19.4 Å². The van der Waals surface area contributed by atoms with Gasteiger partial charge in [0.2, 0.25) is 5.91 Å². The molecule has 1 amide bonds. The number of piperazine rings is 1. The van der Waals surface area contributed by atoms with Crippen molar-refractivity contribution in [3.8, 4) is 0 Å². The number of rotatable bonds is 3. The number of hydrogen-bond acceptors (Lipinski definition) is 4. The SMILES string of the molecule is Cl.Cl.NC1(C(=O)N2CCN(CC3CC3)CC2)CCOCC1. The third-order valence-corrected chi connectivity index (χ3v) is 4.68. The van der Waals surface area contributed by atoms with Crippen LogP contribution in [0.3, 0.4) is 0 Å². The van der Waals surface area contributed by atoms with Crippen molar-refractivity contribution in [3.63, 3.8) is 0 Å². The molecule has 2 saturated heterocycles. The van der Waals surface area contributed by atoms with Gasteiger partial charge in [0.15, 0.2) is 0 Å². The molecule has 0 atom stereocenters. The van der Waals surface area contributed by atoms with Gasteiger partial charge < -0.3 is 15.4 Å². The van der Waals surface area contributed by atoms with Crippen molar-refractivity contribution in [1.82, 2.24) is 9.80 Å². The fourth-order valence-corrected chi connectivity index (χ4v) is 3.06. The molecule has 2 heterocycles. The highest BCUT2D eigenvalue weighted by Crippen LogP contribution is 2.30. The molecular weight excluding hydrogens is 313 g/mol. The van der Waals surface area contributed by atoms with Gasteiger partial charge in [0, 0.05) is 45.9 Å². The maximum atomic E-state index is 12.5. The van der Waals surface area contributed by atoms with Crippen LogP contribution in [0.2, 0.25) is 0 Å². The van der Waals surface area contributed by atoms with E-state index in [0.29, 0.717) is 26.1 Å². The zero-order valence-corrected chi connectivity index (χ0v) is 14.1. The van der Waals surface area contributed by atoms with E-state index in [9.17, 15) is 4.79 Å². The van der Waals surface area contributed by atoms with Crippen molar-refractivity contribution in [3.05, 3.63) is 0 Å². The van der Waals surface area contributed by atoms with Gasteiger partial charge in [0.1, 0.15) is 0 Å². The molecule has 0 radical (unpaired) electrons. The number of carbonyl (C=O) groups is 1. The Morgan fingerprint density at radius 3 is 2.19 bits per heavy atom. The summed E-state index contributed by atoms with van der Waals surface area (Å²) in [7, 11) is 0. The highest BCUT2D eigenvalue weighted by atomic mass is 35.5. The predicted molar refractivity (Wildman–Crippen MR) is 87.2 cm³/mol. The second-order valence-electron chi connectivity index (χ2n) is 6.30. The largest absolute Gasteiger partial charge is 0.381 e. The molecule has 0 unspecified atom stereocenters. The van der Waals surface area contributed by atoms with Gasteiger partial charge in [-0.25, -0.2) is 0 Å². The third-order valence-electron chi connectivity index (χ3n) is 4.68. The van der Waals surface area contributed by atoms with Crippen LogP contribution in [0, 0.1) is 5.92 Å². The van der Waals surface area contributed by atoms with E-state index in [1.54, 1.807) is 0 Å². The third kappa shape index (κ3) is 4.70. The number of nitrogens with zero attached hydrogens (tertiary/aromatic N) is 2. The van der Waals surface area contributed by atoms with E-state index in [4.69, 9.17) is 10.5 Å². The Bertz CT molecular complexity index is 339. The first kappa shape index (κ1) is 19.0. The highest BCUT2D eigenvalue weighted by Gasteiger charge is 2.39. The van der Waals surface area contributed by atoms with Crippen LogP contribution < -0.4 is 5.73 Å². The van der Waals surface area contributed by atoms with E-state index in [-0.39, 0.29) is 30.7 Å². The van der Waals surface area contributed by atoms with Crippen LogP contribution in [0.4, 0.5) is 0 Å². The molecular formula is C14H27Cl2N3O2. The minimum Gasteiger partial charge on any atom is -0.381 e. The number of halogens is 2. The summed E-state index contributed by atoms with van der Waals surface area (Å²) in [5, 5.41) is 0. The zero-order chi connectivity index (χ0) is 13.3. The number of carbonyl (C=O) groups excluding carboxylic acids is 1. The van der Waals surface area contributed by atoms with Gasteiger partial charge in [-0.05, 0) is 31.6 Å². The summed E-state index contributed by atoms with van der Waals surface area (Å²) >= 11 is 0. The topological polar surface area (TPSA) is 58.8 Å². The lowest BCUT2D eigenvalue weighted by Crippen LogP contribution is -2.61. The van der Waals surface area contributed by atoms with Crippen LogP contribution in [-0.2, 0) is 9.53 Å². The number of amides is 1. The highest BCUT2D eigenvalue weighted by molar-refractivity contribution is 5.86. The molecule has 1 saturated carbocycles. The van der Waals surface area contributed by atoms with Crippen LogP contribution in [0.25, 0.3) is 0 Å². The molecule has 0 aromatic heterocycles. The molecule has 3 rings (SSSR count). The minimum atomic E-state index is -0.670. The van der Waals surface area contributed by atoms with E-state index >= 15 is 0 Å². The van der Waals surface area contributed by atoms with Gasteiger partial charge in [-0.1, -0.05) is 0 Å². The molecule has 1 aliphatic carbocycles. The molecule has 21 heavy (non-hydrogen) atoms. The standard InChI is InChI=1S/C14H25N3O2.2ClH/c15-14(3-9-19-10-4-14)13(18)17-7-5-16(6-8-17)11-12-1-2-12;;/h12H,1-11,15H2;2*1H. The zero-order valence-electron chi connectivity index (χ0n) is 12.5. The molecule has 3 fully saturated rings. The first-order valence-electron chi connectivity index (χ1n) is 7.56. The summed E-state index contributed by atoms with van der Waals surface area (Å²) in [6.07, 6.45) is 4.11. The summed E-state index contributed by atoms with van der Waals surface area (Å²) in [5.74, 6) is 1.07. The lowest BCUT2D eigenvalue weighted by molar-refractivity contribution is -0.142. The average molecular weight is 340 g/mol. The van der Waals surface area contributed by atoms with Crippen molar-refractivity contribution >= 4 is 30.7 Å². The summed E-state index contributed by atoms with van der Waals surface area (Å²) < 4.78 is 5.31. The smallest absolute Gasteiger partial charge is 0.242 e. The molecule has 0 bridgehead atoms. The molecule has 2 N–H and O–H groups in total. The summed E-state index contributed by atoms with van der Waals surface area (Å²) in [4.78, 5) is 17.0. The van der Waals surface area contributed by atoms with Gasteiger partial charge in [0.05, 0.1) is 5.54 Å². The number of nitrogens with two attached hydrogens (primary N) is 1. The second-order valence-corrected chi connectivity index (χ2v) is 6.30. The quantitative estimate of drug-likeness (QED) is 0.829. The maximum Gasteiger partial charge on any atom is 0.242 e.